The normalized spacial score (nSPS) is 22.5. The zero-order valence-electron chi connectivity index (χ0n) is 20.9. The third-order valence-electron chi connectivity index (χ3n) is 7.06. The lowest BCUT2D eigenvalue weighted by molar-refractivity contribution is -0.139. The Bertz CT molecular complexity index is 1130. The molecule has 192 valence electrons. The molecule has 0 bridgehead atoms. The molecule has 3 atom stereocenters. The molecular weight excluding hydrogens is 458 g/mol. The van der Waals surface area contributed by atoms with Crippen LogP contribution in [0.1, 0.15) is 37.3 Å². The SMILES string of the molecule is COc1ccc2c(c1)[C@@](O)([C@H](C)/C=C/CCO)C(=O)N2Cc1cccc(NC(=O)C2CCCNC2)c1. The summed E-state index contributed by atoms with van der Waals surface area (Å²) in [7, 11) is 1.54. The second kappa shape index (κ2) is 11.2. The predicted molar refractivity (Wildman–Crippen MR) is 139 cm³/mol. The van der Waals surface area contributed by atoms with Gasteiger partial charge in [-0.2, -0.15) is 0 Å². The third-order valence-corrected chi connectivity index (χ3v) is 7.06. The summed E-state index contributed by atoms with van der Waals surface area (Å²) in [5.74, 6) is -0.460. The van der Waals surface area contributed by atoms with E-state index in [0.29, 0.717) is 35.7 Å². The highest BCUT2D eigenvalue weighted by molar-refractivity contribution is 6.07. The average molecular weight is 494 g/mol. The first kappa shape index (κ1) is 25.9. The van der Waals surface area contributed by atoms with Gasteiger partial charge in [-0.1, -0.05) is 31.2 Å². The van der Waals surface area contributed by atoms with E-state index in [-0.39, 0.29) is 25.0 Å². The Balaban J connectivity index is 1.59. The standard InChI is InChI=1S/C28H35N3O5/c1-19(7-3-4-14-32)28(35)24-16-23(36-2)11-12-25(24)31(27(28)34)18-20-8-5-10-22(15-20)30-26(33)21-9-6-13-29-17-21/h3,5,7-8,10-12,15-16,19,21,29,32,35H,4,6,9,13-14,17-18H2,1-2H3,(H,30,33)/b7-3+/t19-,21?,28+/m1/s1. The average Bonchev–Trinajstić information content (AvgIpc) is 3.11. The fourth-order valence-corrected chi connectivity index (χ4v) is 4.97. The summed E-state index contributed by atoms with van der Waals surface area (Å²) in [6.07, 6.45) is 5.82. The lowest BCUT2D eigenvalue weighted by Crippen LogP contribution is -2.44. The highest BCUT2D eigenvalue weighted by Gasteiger charge is 2.52. The molecule has 2 heterocycles. The Kier molecular flexibility index (Phi) is 8.08. The van der Waals surface area contributed by atoms with Gasteiger partial charge in [0.05, 0.1) is 25.3 Å². The number of rotatable bonds is 9. The molecule has 2 aliphatic rings. The number of carbonyl (C=O) groups is 2. The van der Waals surface area contributed by atoms with Crippen LogP contribution in [0.15, 0.2) is 54.6 Å². The van der Waals surface area contributed by atoms with Crippen molar-refractivity contribution in [2.24, 2.45) is 11.8 Å². The van der Waals surface area contributed by atoms with Crippen LogP contribution in [0.4, 0.5) is 11.4 Å². The number of hydrogen-bond acceptors (Lipinski definition) is 6. The number of piperidine rings is 1. The van der Waals surface area contributed by atoms with E-state index in [2.05, 4.69) is 10.6 Å². The zero-order chi connectivity index (χ0) is 25.7. The molecule has 0 aliphatic carbocycles. The van der Waals surface area contributed by atoms with Gasteiger partial charge in [-0.15, -0.1) is 0 Å². The molecule has 2 amide bonds. The van der Waals surface area contributed by atoms with Crippen LogP contribution < -0.4 is 20.3 Å². The first-order chi connectivity index (χ1) is 17.4. The number of nitrogens with zero attached hydrogens (tertiary/aromatic N) is 1. The topological polar surface area (TPSA) is 111 Å². The van der Waals surface area contributed by atoms with Crippen molar-refractivity contribution in [3.63, 3.8) is 0 Å². The minimum absolute atomic E-state index is 0.00370. The first-order valence-corrected chi connectivity index (χ1v) is 12.5. The van der Waals surface area contributed by atoms with Crippen molar-refractivity contribution in [3.05, 3.63) is 65.7 Å². The quantitative estimate of drug-likeness (QED) is 0.400. The number of aliphatic hydroxyl groups excluding tert-OH is 1. The highest BCUT2D eigenvalue weighted by atomic mass is 16.5. The number of carbonyl (C=O) groups excluding carboxylic acids is 2. The van der Waals surface area contributed by atoms with Crippen LogP contribution in [-0.4, -0.2) is 48.8 Å². The molecule has 0 aromatic heterocycles. The van der Waals surface area contributed by atoms with E-state index in [1.165, 1.54) is 0 Å². The Morgan fingerprint density at radius 3 is 2.89 bits per heavy atom. The van der Waals surface area contributed by atoms with E-state index in [9.17, 15) is 14.7 Å². The number of ether oxygens (including phenoxy) is 1. The summed E-state index contributed by atoms with van der Waals surface area (Å²) in [6, 6.07) is 12.7. The van der Waals surface area contributed by atoms with Crippen molar-refractivity contribution >= 4 is 23.2 Å². The number of anilines is 2. The molecule has 36 heavy (non-hydrogen) atoms. The summed E-state index contributed by atoms with van der Waals surface area (Å²) >= 11 is 0. The van der Waals surface area contributed by atoms with Crippen molar-refractivity contribution < 1.29 is 24.5 Å². The zero-order valence-corrected chi connectivity index (χ0v) is 20.9. The van der Waals surface area contributed by atoms with Gasteiger partial charge in [0, 0.05) is 30.3 Å². The minimum Gasteiger partial charge on any atom is -0.497 e. The summed E-state index contributed by atoms with van der Waals surface area (Å²) < 4.78 is 5.37. The van der Waals surface area contributed by atoms with E-state index in [4.69, 9.17) is 9.84 Å². The second-order valence-electron chi connectivity index (χ2n) is 9.50. The molecule has 0 radical (unpaired) electrons. The molecule has 8 nitrogen and oxygen atoms in total. The van der Waals surface area contributed by atoms with Crippen LogP contribution in [0.3, 0.4) is 0 Å². The number of nitrogens with one attached hydrogen (secondary N) is 2. The molecular formula is C28H35N3O5. The fourth-order valence-electron chi connectivity index (χ4n) is 4.97. The molecule has 2 aliphatic heterocycles. The third kappa shape index (κ3) is 5.16. The molecule has 8 heteroatoms. The van der Waals surface area contributed by atoms with Crippen LogP contribution in [0.5, 0.6) is 5.75 Å². The Morgan fingerprint density at radius 1 is 1.33 bits per heavy atom. The van der Waals surface area contributed by atoms with E-state index in [1.807, 2.05) is 24.3 Å². The molecule has 4 N–H and O–H groups in total. The van der Waals surface area contributed by atoms with Crippen molar-refractivity contribution in [3.8, 4) is 5.75 Å². The maximum Gasteiger partial charge on any atom is 0.264 e. The molecule has 0 saturated carbocycles. The molecule has 2 aromatic rings. The maximum absolute atomic E-state index is 13.7. The van der Waals surface area contributed by atoms with E-state index in [1.54, 1.807) is 49.3 Å². The Hall–Kier alpha value is -3.20. The fraction of sp³-hybridized carbons (Fsp3) is 0.429. The number of benzene rings is 2. The second-order valence-corrected chi connectivity index (χ2v) is 9.50. The summed E-state index contributed by atoms with van der Waals surface area (Å²) in [4.78, 5) is 28.0. The summed E-state index contributed by atoms with van der Waals surface area (Å²) in [5.41, 5.74) is 0.851. The van der Waals surface area contributed by atoms with Gasteiger partial charge in [0.15, 0.2) is 5.60 Å². The summed E-state index contributed by atoms with van der Waals surface area (Å²) in [6.45, 7) is 3.64. The summed E-state index contributed by atoms with van der Waals surface area (Å²) in [5, 5.41) is 27.1. The van der Waals surface area contributed by atoms with Gasteiger partial charge in [0.2, 0.25) is 5.91 Å². The molecule has 2 aromatic carbocycles. The van der Waals surface area contributed by atoms with Crippen LogP contribution in [0.2, 0.25) is 0 Å². The lowest BCUT2D eigenvalue weighted by Gasteiger charge is -2.28. The number of hydrogen-bond donors (Lipinski definition) is 4. The lowest BCUT2D eigenvalue weighted by atomic mass is 9.83. The van der Waals surface area contributed by atoms with Gasteiger partial charge in [0.1, 0.15) is 5.75 Å². The first-order valence-electron chi connectivity index (χ1n) is 12.5. The van der Waals surface area contributed by atoms with Crippen LogP contribution >= 0.6 is 0 Å². The number of aliphatic hydroxyl groups is 2. The highest BCUT2D eigenvalue weighted by Crippen LogP contribution is 2.47. The molecule has 0 spiro atoms. The number of amides is 2. The van der Waals surface area contributed by atoms with E-state index in [0.717, 1.165) is 24.9 Å². The van der Waals surface area contributed by atoms with Crippen molar-refractivity contribution in [1.82, 2.24) is 5.32 Å². The van der Waals surface area contributed by atoms with E-state index < -0.39 is 17.4 Å². The van der Waals surface area contributed by atoms with Crippen molar-refractivity contribution in [2.75, 3.05) is 37.0 Å². The van der Waals surface area contributed by atoms with Gasteiger partial charge in [-0.05, 0) is 61.7 Å². The van der Waals surface area contributed by atoms with Gasteiger partial charge in [0.25, 0.3) is 5.91 Å². The number of methoxy groups -OCH3 is 1. The molecule has 1 saturated heterocycles. The molecule has 4 rings (SSSR count). The van der Waals surface area contributed by atoms with Crippen LogP contribution in [0.25, 0.3) is 0 Å². The molecule has 1 fully saturated rings. The van der Waals surface area contributed by atoms with Crippen molar-refractivity contribution in [1.29, 1.82) is 0 Å². The molecule has 1 unspecified atom stereocenters. The maximum atomic E-state index is 13.7. The largest absolute Gasteiger partial charge is 0.497 e. The van der Waals surface area contributed by atoms with Gasteiger partial charge in [-0.25, -0.2) is 0 Å². The smallest absolute Gasteiger partial charge is 0.264 e. The Labute approximate surface area is 212 Å². The van der Waals surface area contributed by atoms with E-state index >= 15 is 0 Å². The van der Waals surface area contributed by atoms with Crippen LogP contribution in [-0.2, 0) is 21.7 Å². The van der Waals surface area contributed by atoms with Gasteiger partial charge < -0.3 is 30.5 Å². The van der Waals surface area contributed by atoms with Crippen LogP contribution in [0, 0.1) is 11.8 Å². The van der Waals surface area contributed by atoms with Gasteiger partial charge in [-0.3, -0.25) is 9.59 Å². The number of fused-ring (bicyclic) bond motifs is 1. The monoisotopic (exact) mass is 493 g/mol. The van der Waals surface area contributed by atoms with Crippen molar-refractivity contribution in [2.45, 2.75) is 38.3 Å². The predicted octanol–water partition coefficient (Wildman–Crippen LogP) is 2.94. The van der Waals surface area contributed by atoms with Gasteiger partial charge >= 0.3 is 0 Å². The minimum atomic E-state index is -1.77. The Morgan fingerprint density at radius 2 is 2.17 bits per heavy atom.